The maximum atomic E-state index is 14.8. The molecule has 2 fully saturated rings. The van der Waals surface area contributed by atoms with Crippen molar-refractivity contribution in [1.29, 1.82) is 0 Å². The van der Waals surface area contributed by atoms with Crippen LogP contribution in [0.4, 0.5) is 10.1 Å². The van der Waals surface area contributed by atoms with E-state index in [-0.39, 0.29) is 33.8 Å². The van der Waals surface area contributed by atoms with Gasteiger partial charge in [-0.3, -0.25) is 4.79 Å². The third-order valence-electron chi connectivity index (χ3n) is 5.42. The van der Waals surface area contributed by atoms with Crippen LogP contribution in [0.3, 0.4) is 0 Å². The number of carboxylic acids is 1. The quantitative estimate of drug-likeness (QED) is 0.629. The number of pyridine rings is 1. The van der Waals surface area contributed by atoms with E-state index < -0.39 is 22.8 Å². The number of nitrogens with zero attached hydrogens (tertiary/aromatic N) is 3. The van der Waals surface area contributed by atoms with Crippen molar-refractivity contribution in [3.05, 3.63) is 39.9 Å². The number of halogens is 1. The third-order valence-corrected chi connectivity index (χ3v) is 5.42. The normalized spacial score (nSPS) is 17.8. The molecule has 2 heterocycles. The second kappa shape index (κ2) is 7.75. The summed E-state index contributed by atoms with van der Waals surface area (Å²) in [6, 6.07) is 3.04. The van der Waals surface area contributed by atoms with Crippen LogP contribution in [-0.2, 0) is 22.4 Å². The Balaban J connectivity index is 0.00000210. The minimum absolute atomic E-state index is 0. The molecule has 4 rings (SSSR count). The van der Waals surface area contributed by atoms with Gasteiger partial charge in [0.2, 0.25) is 0 Å². The van der Waals surface area contributed by atoms with E-state index in [1.165, 1.54) is 12.3 Å². The SMILES string of the molecule is CCN1CCN(c2cc3c(cc2F)c(=O)c(C(=O)[O-])cn3C2CC2)CC1.[Ag+]. The summed E-state index contributed by atoms with van der Waals surface area (Å²) in [4.78, 5) is 28.1. The Bertz CT molecular complexity index is 934. The smallest absolute Gasteiger partial charge is 0.545 e. The number of carbonyl (C=O) groups is 1. The number of carbonyl (C=O) groups excluding carboxylic acids is 1. The summed E-state index contributed by atoms with van der Waals surface area (Å²) in [6.45, 7) is 6.26. The first-order chi connectivity index (χ1) is 12.5. The molecule has 0 unspecified atom stereocenters. The Morgan fingerprint density at radius 1 is 1.22 bits per heavy atom. The molecule has 2 aliphatic rings. The first-order valence-corrected chi connectivity index (χ1v) is 9.06. The van der Waals surface area contributed by atoms with Crippen molar-refractivity contribution < 1.29 is 36.7 Å². The molecule has 0 bridgehead atoms. The van der Waals surface area contributed by atoms with Gasteiger partial charge in [-0.15, -0.1) is 0 Å². The van der Waals surface area contributed by atoms with Gasteiger partial charge < -0.3 is 24.3 Å². The van der Waals surface area contributed by atoms with Crippen LogP contribution in [0.15, 0.2) is 23.1 Å². The maximum absolute atomic E-state index is 14.8. The topological polar surface area (TPSA) is 68.6 Å². The molecule has 1 aromatic heterocycles. The van der Waals surface area contributed by atoms with Gasteiger partial charge in [0, 0.05) is 43.8 Å². The van der Waals surface area contributed by atoms with E-state index in [9.17, 15) is 19.1 Å². The average molecular weight is 466 g/mol. The number of hydrogen-bond donors (Lipinski definition) is 0. The fourth-order valence-electron chi connectivity index (χ4n) is 3.71. The summed E-state index contributed by atoms with van der Waals surface area (Å²) in [5, 5.41) is 11.4. The molecule has 1 aliphatic carbocycles. The standard InChI is InChI=1S/C19H22FN3O3.Ag/c1-2-21-5-7-22(8-6-21)17-10-16-13(9-15(17)20)18(24)14(19(25)26)11-23(16)12-3-4-12;/h9-12H,2-8H2,1H3,(H,25,26);/q;+1/p-1. The van der Waals surface area contributed by atoms with E-state index in [1.807, 2.05) is 4.90 Å². The molecule has 6 nitrogen and oxygen atoms in total. The molecule has 1 saturated heterocycles. The Kier molecular flexibility index (Phi) is 5.76. The van der Waals surface area contributed by atoms with Crippen molar-refractivity contribution in [1.82, 2.24) is 9.47 Å². The van der Waals surface area contributed by atoms with Gasteiger partial charge in [0.25, 0.3) is 0 Å². The minimum atomic E-state index is -1.52. The molecular formula is C19H21AgFN3O3. The zero-order valence-corrected chi connectivity index (χ0v) is 16.5. The Hall–Kier alpha value is -1.67. The molecule has 0 atom stereocenters. The summed E-state index contributed by atoms with van der Waals surface area (Å²) in [6.07, 6.45) is 3.20. The number of hydrogen-bond acceptors (Lipinski definition) is 5. The second-order valence-corrected chi connectivity index (χ2v) is 7.04. The van der Waals surface area contributed by atoms with E-state index in [0.717, 1.165) is 45.6 Å². The van der Waals surface area contributed by atoms with Crippen LogP contribution in [0, 0.1) is 5.82 Å². The van der Waals surface area contributed by atoms with Crippen molar-refractivity contribution >= 4 is 22.6 Å². The van der Waals surface area contributed by atoms with Gasteiger partial charge >= 0.3 is 22.4 Å². The minimum Gasteiger partial charge on any atom is -0.545 e. The van der Waals surface area contributed by atoms with Crippen LogP contribution in [0.5, 0.6) is 0 Å². The summed E-state index contributed by atoms with van der Waals surface area (Å²) in [7, 11) is 0. The van der Waals surface area contributed by atoms with Crippen LogP contribution in [-0.4, -0.2) is 48.2 Å². The molecule has 0 radical (unpaired) electrons. The van der Waals surface area contributed by atoms with Crippen LogP contribution in [0.1, 0.15) is 36.2 Å². The molecule has 1 aromatic carbocycles. The van der Waals surface area contributed by atoms with E-state index in [2.05, 4.69) is 11.8 Å². The van der Waals surface area contributed by atoms with Gasteiger partial charge in [0.1, 0.15) is 5.82 Å². The molecule has 0 spiro atoms. The van der Waals surface area contributed by atoms with Gasteiger partial charge in [-0.2, -0.15) is 0 Å². The largest absolute Gasteiger partial charge is 1.00 e. The van der Waals surface area contributed by atoms with Crippen molar-refractivity contribution in [3.63, 3.8) is 0 Å². The maximum Gasteiger partial charge on any atom is 1.00 e. The van der Waals surface area contributed by atoms with Crippen LogP contribution in [0.25, 0.3) is 10.9 Å². The van der Waals surface area contributed by atoms with Crippen LogP contribution in [0.2, 0.25) is 0 Å². The fourth-order valence-corrected chi connectivity index (χ4v) is 3.71. The molecule has 1 aliphatic heterocycles. The Morgan fingerprint density at radius 3 is 2.44 bits per heavy atom. The number of carboxylic acid groups (broad SMARTS) is 1. The number of likely N-dealkylation sites (N-methyl/N-ethyl adjacent to an activating group) is 1. The summed E-state index contributed by atoms with van der Waals surface area (Å²) < 4.78 is 16.6. The monoisotopic (exact) mass is 465 g/mol. The number of benzene rings is 1. The molecule has 0 amide bonds. The van der Waals surface area contributed by atoms with Gasteiger partial charge in [-0.25, -0.2) is 4.39 Å². The average Bonchev–Trinajstić information content (AvgIpc) is 3.47. The van der Waals surface area contributed by atoms with Crippen LogP contribution >= 0.6 is 0 Å². The fraction of sp³-hybridized carbons (Fsp3) is 0.474. The zero-order valence-electron chi connectivity index (χ0n) is 15.0. The second-order valence-electron chi connectivity index (χ2n) is 7.04. The number of fused-ring (bicyclic) bond motifs is 1. The summed E-state index contributed by atoms with van der Waals surface area (Å²) in [5.74, 6) is -2.01. The molecule has 148 valence electrons. The van der Waals surface area contributed by atoms with Crippen molar-refractivity contribution in [2.24, 2.45) is 0 Å². The molecule has 1 saturated carbocycles. The van der Waals surface area contributed by atoms with Gasteiger partial charge in [-0.1, -0.05) is 6.92 Å². The van der Waals surface area contributed by atoms with E-state index in [0.29, 0.717) is 11.2 Å². The van der Waals surface area contributed by atoms with Crippen molar-refractivity contribution in [2.45, 2.75) is 25.8 Å². The molecule has 8 heteroatoms. The number of piperazine rings is 1. The van der Waals surface area contributed by atoms with E-state index >= 15 is 0 Å². The number of aromatic nitrogens is 1. The summed E-state index contributed by atoms with van der Waals surface area (Å²) in [5.41, 5.74) is -0.0219. The van der Waals surface area contributed by atoms with Gasteiger partial charge in [-0.05, 0) is 31.5 Å². The van der Waals surface area contributed by atoms with Crippen molar-refractivity contribution in [2.75, 3.05) is 37.6 Å². The first kappa shape index (κ1) is 20.1. The molecular weight excluding hydrogens is 445 g/mol. The number of rotatable bonds is 4. The third kappa shape index (κ3) is 3.69. The molecule has 0 N–H and O–H groups in total. The van der Waals surface area contributed by atoms with E-state index in [1.54, 1.807) is 10.6 Å². The molecule has 2 aromatic rings. The number of anilines is 1. The summed E-state index contributed by atoms with van der Waals surface area (Å²) >= 11 is 0. The zero-order chi connectivity index (χ0) is 18.4. The van der Waals surface area contributed by atoms with Gasteiger partial charge in [0.15, 0.2) is 5.43 Å². The van der Waals surface area contributed by atoms with E-state index in [4.69, 9.17) is 0 Å². The first-order valence-electron chi connectivity index (χ1n) is 9.06. The van der Waals surface area contributed by atoms with Crippen LogP contribution < -0.4 is 15.4 Å². The number of aromatic carboxylic acids is 1. The predicted octanol–water partition coefficient (Wildman–Crippen LogP) is 0.978. The van der Waals surface area contributed by atoms with Crippen molar-refractivity contribution in [3.8, 4) is 0 Å². The Labute approximate surface area is 172 Å². The molecule has 27 heavy (non-hydrogen) atoms. The van der Waals surface area contributed by atoms with Gasteiger partial charge in [0.05, 0.1) is 22.7 Å². The predicted molar refractivity (Wildman–Crippen MR) is 95.1 cm³/mol. The Morgan fingerprint density at radius 2 is 1.89 bits per heavy atom.